The van der Waals surface area contributed by atoms with Crippen LogP contribution in [0.4, 0.5) is 11.8 Å². The molecule has 2 amide bonds. The first-order valence-corrected chi connectivity index (χ1v) is 14.5. The summed E-state index contributed by atoms with van der Waals surface area (Å²) in [7, 11) is 5.56. The molecule has 0 atom stereocenters. The lowest BCUT2D eigenvalue weighted by molar-refractivity contribution is -0.120. The summed E-state index contributed by atoms with van der Waals surface area (Å²) in [6, 6.07) is 18.1. The third kappa shape index (κ3) is 10.8. The Labute approximate surface area is 254 Å². The van der Waals surface area contributed by atoms with Crippen molar-refractivity contribution in [3.05, 3.63) is 76.9 Å². The number of halogens is 1. The van der Waals surface area contributed by atoms with Gasteiger partial charge in [-0.3, -0.25) is 14.5 Å². The van der Waals surface area contributed by atoms with Crippen LogP contribution in [0.5, 0.6) is 5.88 Å². The zero-order chi connectivity index (χ0) is 30.5. The van der Waals surface area contributed by atoms with Gasteiger partial charge in [-0.15, -0.1) is 11.6 Å². The van der Waals surface area contributed by atoms with Gasteiger partial charge < -0.3 is 25.2 Å². The highest BCUT2D eigenvalue weighted by Gasteiger charge is 2.20. The number of carbonyl (C=O) groups excluding carboxylic acids is 2. The van der Waals surface area contributed by atoms with E-state index in [-0.39, 0.29) is 11.8 Å². The number of carbonyl (C=O) groups is 2. The molecule has 0 spiro atoms. The molecule has 226 valence electrons. The minimum Gasteiger partial charge on any atom is -0.481 e. The fourth-order valence-corrected chi connectivity index (χ4v) is 4.38. The Morgan fingerprint density at radius 2 is 1.33 bits per heavy atom. The molecule has 0 aliphatic carbocycles. The Bertz CT molecular complexity index is 1280. The highest BCUT2D eigenvalue weighted by atomic mass is 35.5. The quantitative estimate of drug-likeness (QED) is 0.343. The van der Waals surface area contributed by atoms with E-state index in [1.54, 1.807) is 7.11 Å². The van der Waals surface area contributed by atoms with Crippen molar-refractivity contribution in [1.82, 2.24) is 25.5 Å². The van der Waals surface area contributed by atoms with E-state index >= 15 is 0 Å². The Balaban J connectivity index is 0.000000312. The van der Waals surface area contributed by atoms with Gasteiger partial charge in [-0.05, 0) is 22.3 Å². The molecule has 1 aromatic heterocycles. The van der Waals surface area contributed by atoms with Gasteiger partial charge in [0.05, 0.1) is 7.11 Å². The molecule has 0 radical (unpaired) electrons. The maximum absolute atomic E-state index is 11.0. The normalized spacial score (nSPS) is 13.0. The van der Waals surface area contributed by atoms with Crippen molar-refractivity contribution in [2.24, 2.45) is 0 Å². The summed E-state index contributed by atoms with van der Waals surface area (Å²) in [5.41, 5.74) is 4.57. The SMILES string of the molecule is CC(=O)NCc1ccc(CCl)cc1.COc1cc(N(C)C)nc(N2CCN(Cc3ccc(CNC(C)=O)cc3)CC2)n1. The van der Waals surface area contributed by atoms with Crippen LogP contribution in [0.2, 0.25) is 0 Å². The Morgan fingerprint density at radius 3 is 1.79 bits per heavy atom. The second-order valence-corrected chi connectivity index (χ2v) is 10.6. The lowest BCUT2D eigenvalue weighted by atomic mass is 10.1. The van der Waals surface area contributed by atoms with Gasteiger partial charge in [0, 0.05) is 85.7 Å². The van der Waals surface area contributed by atoms with E-state index in [0.717, 1.165) is 61.2 Å². The van der Waals surface area contributed by atoms with Crippen LogP contribution in [0.1, 0.15) is 36.1 Å². The van der Waals surface area contributed by atoms with E-state index in [0.29, 0.717) is 24.8 Å². The molecule has 1 aliphatic rings. The first-order valence-electron chi connectivity index (χ1n) is 13.9. The maximum Gasteiger partial charge on any atom is 0.230 e. The van der Waals surface area contributed by atoms with Crippen molar-refractivity contribution >= 4 is 35.2 Å². The third-order valence-corrected chi connectivity index (χ3v) is 7.00. The van der Waals surface area contributed by atoms with Crippen molar-refractivity contribution in [1.29, 1.82) is 0 Å². The Hall–Kier alpha value is -3.89. The van der Waals surface area contributed by atoms with E-state index in [1.807, 2.05) is 49.3 Å². The van der Waals surface area contributed by atoms with Crippen LogP contribution >= 0.6 is 11.6 Å². The molecule has 4 rings (SSSR count). The minimum absolute atomic E-state index is 0.00957. The van der Waals surface area contributed by atoms with Gasteiger partial charge in [0.25, 0.3) is 0 Å². The molecule has 1 fully saturated rings. The second kappa shape index (κ2) is 16.5. The van der Waals surface area contributed by atoms with Crippen LogP contribution in [-0.4, -0.2) is 74.1 Å². The molecule has 3 aromatic rings. The van der Waals surface area contributed by atoms with E-state index in [2.05, 4.69) is 54.7 Å². The van der Waals surface area contributed by atoms with E-state index in [9.17, 15) is 9.59 Å². The average molecular weight is 596 g/mol. The number of hydrogen-bond acceptors (Lipinski definition) is 8. The van der Waals surface area contributed by atoms with Gasteiger partial charge in [0.1, 0.15) is 5.82 Å². The smallest absolute Gasteiger partial charge is 0.230 e. The standard InChI is InChI=1S/C21H30N6O2.C10H12ClNO/c1-16(28)22-14-17-5-7-18(8-6-17)15-26-9-11-27(12-10-26)21-23-19(25(2)3)13-20(24-21)29-4;1-8(13)12-7-10-4-2-9(6-11)3-5-10/h5-8,13H,9-12,14-15H2,1-4H3,(H,22,28);2-5H,6-7H2,1H3,(H,12,13). The maximum atomic E-state index is 11.0. The summed E-state index contributed by atoms with van der Waals surface area (Å²) < 4.78 is 5.34. The van der Waals surface area contributed by atoms with Crippen molar-refractivity contribution in [3.63, 3.8) is 0 Å². The largest absolute Gasteiger partial charge is 0.481 e. The van der Waals surface area contributed by atoms with Crippen LogP contribution in [0.25, 0.3) is 0 Å². The summed E-state index contributed by atoms with van der Waals surface area (Å²) in [4.78, 5) is 37.4. The Morgan fingerprint density at radius 1 is 0.833 bits per heavy atom. The van der Waals surface area contributed by atoms with Gasteiger partial charge in [-0.25, -0.2) is 0 Å². The molecular weight excluding hydrogens is 554 g/mol. The van der Waals surface area contributed by atoms with Crippen molar-refractivity contribution < 1.29 is 14.3 Å². The van der Waals surface area contributed by atoms with Gasteiger partial charge in [-0.2, -0.15) is 9.97 Å². The summed E-state index contributed by atoms with van der Waals surface area (Å²) in [5, 5.41) is 5.55. The van der Waals surface area contributed by atoms with E-state index in [1.165, 1.54) is 19.4 Å². The molecule has 1 saturated heterocycles. The summed E-state index contributed by atoms with van der Waals surface area (Å²) >= 11 is 5.64. The number of benzene rings is 2. The van der Waals surface area contributed by atoms with Gasteiger partial charge >= 0.3 is 0 Å². The first kappa shape index (κ1) is 32.6. The van der Waals surface area contributed by atoms with Crippen LogP contribution < -0.4 is 25.2 Å². The van der Waals surface area contributed by atoms with Crippen LogP contribution in [0.15, 0.2) is 54.6 Å². The predicted molar refractivity (Wildman–Crippen MR) is 168 cm³/mol. The number of alkyl halides is 1. The first-order chi connectivity index (χ1) is 20.2. The zero-order valence-electron chi connectivity index (χ0n) is 25.2. The zero-order valence-corrected chi connectivity index (χ0v) is 25.9. The predicted octanol–water partition coefficient (Wildman–Crippen LogP) is 3.57. The lowest BCUT2D eigenvalue weighted by Crippen LogP contribution is -2.46. The monoisotopic (exact) mass is 595 g/mol. The third-order valence-electron chi connectivity index (χ3n) is 6.69. The number of nitrogens with zero attached hydrogens (tertiary/aromatic N) is 5. The molecule has 0 bridgehead atoms. The fourth-order valence-electron chi connectivity index (χ4n) is 4.20. The van der Waals surface area contributed by atoms with Crippen LogP contribution in [0, 0.1) is 0 Å². The molecular formula is C31H42ClN7O3. The van der Waals surface area contributed by atoms with E-state index in [4.69, 9.17) is 16.3 Å². The van der Waals surface area contributed by atoms with Crippen molar-refractivity contribution in [2.75, 3.05) is 57.2 Å². The molecule has 0 saturated carbocycles. The number of anilines is 2. The average Bonchev–Trinajstić information content (AvgIpc) is 3.00. The van der Waals surface area contributed by atoms with Crippen LogP contribution in [-0.2, 0) is 35.1 Å². The number of ether oxygens (including phenoxy) is 1. The summed E-state index contributed by atoms with van der Waals surface area (Å²) in [6.45, 7) is 8.76. The number of methoxy groups -OCH3 is 1. The number of hydrogen-bond donors (Lipinski definition) is 2. The highest BCUT2D eigenvalue weighted by Crippen LogP contribution is 2.22. The highest BCUT2D eigenvalue weighted by molar-refractivity contribution is 6.17. The molecule has 10 nitrogen and oxygen atoms in total. The lowest BCUT2D eigenvalue weighted by Gasteiger charge is -2.35. The number of nitrogens with one attached hydrogen (secondary N) is 2. The fraction of sp³-hybridized carbons (Fsp3) is 0.419. The molecule has 0 unspecified atom stereocenters. The van der Waals surface area contributed by atoms with Crippen LogP contribution in [0.3, 0.4) is 0 Å². The number of piperazine rings is 1. The molecule has 2 aromatic carbocycles. The summed E-state index contributed by atoms with van der Waals surface area (Å²) in [6.07, 6.45) is 0. The number of amides is 2. The molecule has 2 N–H and O–H groups in total. The second-order valence-electron chi connectivity index (χ2n) is 10.3. The van der Waals surface area contributed by atoms with Gasteiger partial charge in [0.15, 0.2) is 0 Å². The molecule has 2 heterocycles. The van der Waals surface area contributed by atoms with Gasteiger partial charge in [0.2, 0.25) is 23.6 Å². The Kier molecular flexibility index (Phi) is 12.8. The number of rotatable bonds is 10. The molecule has 1 aliphatic heterocycles. The van der Waals surface area contributed by atoms with E-state index < -0.39 is 0 Å². The molecule has 42 heavy (non-hydrogen) atoms. The van der Waals surface area contributed by atoms with Crippen molar-refractivity contribution in [2.45, 2.75) is 39.4 Å². The summed E-state index contributed by atoms with van der Waals surface area (Å²) in [5.74, 6) is 2.65. The van der Waals surface area contributed by atoms with Gasteiger partial charge in [-0.1, -0.05) is 48.5 Å². The van der Waals surface area contributed by atoms with Crippen molar-refractivity contribution in [3.8, 4) is 5.88 Å². The molecule has 11 heteroatoms. The minimum atomic E-state index is -0.0126. The topological polar surface area (TPSA) is 103 Å². The number of aromatic nitrogens is 2.